The zero-order valence-electron chi connectivity index (χ0n) is 10.5. The number of anilines is 2. The smallest absolute Gasteiger partial charge is 0.307 e. The highest BCUT2D eigenvalue weighted by Crippen LogP contribution is 2.29. The molecule has 0 spiro atoms. The van der Waals surface area contributed by atoms with Gasteiger partial charge in [0.05, 0.1) is 12.1 Å². The molecule has 0 saturated heterocycles. The zero-order valence-corrected chi connectivity index (χ0v) is 12.1. The molecular weight excluding hydrogens is 320 g/mol. The fraction of sp³-hybridized carbons (Fsp3) is 0.0667. The summed E-state index contributed by atoms with van der Waals surface area (Å²) in [5.74, 6) is -0.208. The topological polar surface area (TPSA) is 49.4 Å². The van der Waals surface area contributed by atoms with E-state index in [9.17, 15) is 9.59 Å². The number of nitrogens with one attached hydrogen (secondary N) is 1. The van der Waals surface area contributed by atoms with E-state index in [-0.39, 0.29) is 12.3 Å². The Morgan fingerprint density at radius 1 is 1.10 bits per heavy atom. The van der Waals surface area contributed by atoms with Crippen LogP contribution in [0.15, 0.2) is 53.0 Å². The van der Waals surface area contributed by atoms with Crippen LogP contribution in [0.25, 0.3) is 0 Å². The molecule has 1 heterocycles. The summed E-state index contributed by atoms with van der Waals surface area (Å²) < 4.78 is 0.929. The summed E-state index contributed by atoms with van der Waals surface area (Å²) in [7, 11) is 0. The number of para-hydroxylation sites is 1. The molecule has 3 amide bonds. The molecule has 2 aromatic rings. The van der Waals surface area contributed by atoms with Crippen LogP contribution in [-0.2, 0) is 11.2 Å². The van der Waals surface area contributed by atoms with Crippen LogP contribution >= 0.6 is 15.9 Å². The van der Waals surface area contributed by atoms with Gasteiger partial charge in [0.25, 0.3) is 0 Å². The van der Waals surface area contributed by atoms with E-state index in [0.29, 0.717) is 11.4 Å². The molecule has 100 valence electrons. The summed E-state index contributed by atoms with van der Waals surface area (Å²) in [4.78, 5) is 25.4. The van der Waals surface area contributed by atoms with Crippen LogP contribution in [0.3, 0.4) is 0 Å². The minimum atomic E-state index is -0.428. The second-order valence-corrected chi connectivity index (χ2v) is 5.39. The number of carbonyl (C=O) groups excluding carboxylic acids is 2. The zero-order chi connectivity index (χ0) is 14.1. The summed E-state index contributed by atoms with van der Waals surface area (Å²) in [6.45, 7) is 0. The second-order valence-electron chi connectivity index (χ2n) is 4.47. The van der Waals surface area contributed by atoms with Crippen LogP contribution in [0.5, 0.6) is 0 Å². The number of hydrogen-bond acceptors (Lipinski definition) is 2. The Balaban J connectivity index is 1.84. The van der Waals surface area contributed by atoms with E-state index >= 15 is 0 Å². The molecule has 0 radical (unpaired) electrons. The first-order valence-corrected chi connectivity index (χ1v) is 6.92. The van der Waals surface area contributed by atoms with E-state index in [1.807, 2.05) is 30.3 Å². The number of hydrogen-bond donors (Lipinski definition) is 1. The van der Waals surface area contributed by atoms with Crippen LogP contribution < -0.4 is 10.2 Å². The van der Waals surface area contributed by atoms with Gasteiger partial charge in [-0.1, -0.05) is 34.1 Å². The van der Waals surface area contributed by atoms with Gasteiger partial charge in [-0.25, -0.2) is 9.69 Å². The molecule has 20 heavy (non-hydrogen) atoms. The quantitative estimate of drug-likeness (QED) is 0.868. The maximum atomic E-state index is 12.3. The summed E-state index contributed by atoms with van der Waals surface area (Å²) in [6, 6.07) is 14.1. The lowest BCUT2D eigenvalue weighted by molar-refractivity contribution is -0.116. The van der Waals surface area contributed by atoms with Gasteiger partial charge < -0.3 is 5.32 Å². The van der Waals surface area contributed by atoms with Crippen molar-refractivity contribution in [3.8, 4) is 0 Å². The van der Waals surface area contributed by atoms with Crippen molar-refractivity contribution >= 4 is 39.2 Å². The molecule has 2 aromatic carbocycles. The van der Waals surface area contributed by atoms with E-state index in [1.165, 1.54) is 4.90 Å². The number of urea groups is 1. The van der Waals surface area contributed by atoms with Crippen molar-refractivity contribution in [2.24, 2.45) is 0 Å². The first-order valence-electron chi connectivity index (χ1n) is 6.12. The van der Waals surface area contributed by atoms with Gasteiger partial charge in [0.1, 0.15) is 0 Å². The average molecular weight is 331 g/mol. The van der Waals surface area contributed by atoms with Crippen molar-refractivity contribution in [2.45, 2.75) is 6.42 Å². The highest BCUT2D eigenvalue weighted by molar-refractivity contribution is 9.10. The summed E-state index contributed by atoms with van der Waals surface area (Å²) in [6.07, 6.45) is 0.268. The average Bonchev–Trinajstić information content (AvgIpc) is 2.77. The maximum absolute atomic E-state index is 12.3. The van der Waals surface area contributed by atoms with Crippen molar-refractivity contribution in [1.29, 1.82) is 0 Å². The van der Waals surface area contributed by atoms with Gasteiger partial charge in [0.15, 0.2) is 0 Å². The molecule has 4 nitrogen and oxygen atoms in total. The van der Waals surface area contributed by atoms with Gasteiger partial charge in [-0.3, -0.25) is 4.79 Å². The number of amides is 3. The SMILES string of the molecule is O=C1Cc2ccccc2N1C(=O)Nc1ccc(Br)cc1. The van der Waals surface area contributed by atoms with Crippen LogP contribution in [0, 0.1) is 0 Å². The third-order valence-electron chi connectivity index (χ3n) is 3.12. The molecule has 0 atom stereocenters. The van der Waals surface area contributed by atoms with Crippen LogP contribution in [0.2, 0.25) is 0 Å². The minimum absolute atomic E-state index is 0.208. The number of halogens is 1. The molecule has 0 saturated carbocycles. The van der Waals surface area contributed by atoms with Crippen molar-refractivity contribution in [1.82, 2.24) is 0 Å². The molecule has 3 rings (SSSR count). The van der Waals surface area contributed by atoms with E-state index in [1.54, 1.807) is 18.2 Å². The van der Waals surface area contributed by atoms with E-state index in [2.05, 4.69) is 21.2 Å². The Labute approximate surface area is 124 Å². The van der Waals surface area contributed by atoms with Crippen molar-refractivity contribution in [2.75, 3.05) is 10.2 Å². The lowest BCUT2D eigenvalue weighted by atomic mass is 10.2. The van der Waals surface area contributed by atoms with Crippen LogP contribution in [0.4, 0.5) is 16.2 Å². The Hall–Kier alpha value is -2.14. The molecule has 0 fully saturated rings. The van der Waals surface area contributed by atoms with Gasteiger partial charge in [0, 0.05) is 10.2 Å². The van der Waals surface area contributed by atoms with Crippen LogP contribution in [0.1, 0.15) is 5.56 Å². The minimum Gasteiger partial charge on any atom is -0.307 e. The molecule has 0 aliphatic carbocycles. The molecule has 5 heteroatoms. The number of imide groups is 1. The molecule has 1 aliphatic rings. The summed E-state index contributed by atoms with van der Waals surface area (Å²) in [5.41, 5.74) is 2.19. The van der Waals surface area contributed by atoms with Gasteiger partial charge in [-0.2, -0.15) is 0 Å². The number of carbonyl (C=O) groups is 2. The van der Waals surface area contributed by atoms with Gasteiger partial charge in [-0.05, 0) is 35.9 Å². The van der Waals surface area contributed by atoms with Crippen molar-refractivity contribution in [3.05, 3.63) is 58.6 Å². The maximum Gasteiger partial charge on any atom is 0.333 e. The fourth-order valence-electron chi connectivity index (χ4n) is 2.19. The number of nitrogens with zero attached hydrogens (tertiary/aromatic N) is 1. The number of benzene rings is 2. The van der Waals surface area contributed by atoms with Crippen LogP contribution in [-0.4, -0.2) is 11.9 Å². The predicted octanol–water partition coefficient (Wildman–Crippen LogP) is 3.57. The Kier molecular flexibility index (Phi) is 3.28. The first-order chi connectivity index (χ1) is 9.65. The monoisotopic (exact) mass is 330 g/mol. The van der Waals surface area contributed by atoms with Crippen molar-refractivity contribution in [3.63, 3.8) is 0 Å². The molecule has 1 aliphatic heterocycles. The number of fused-ring (bicyclic) bond motifs is 1. The molecule has 1 N–H and O–H groups in total. The molecule has 0 unspecified atom stereocenters. The molecular formula is C15H11BrN2O2. The van der Waals surface area contributed by atoms with Crippen molar-refractivity contribution < 1.29 is 9.59 Å². The Morgan fingerprint density at radius 3 is 2.55 bits per heavy atom. The standard InChI is InChI=1S/C15H11BrN2O2/c16-11-5-7-12(8-6-11)17-15(20)18-13-4-2-1-3-10(13)9-14(18)19/h1-8H,9H2,(H,17,20). The van der Waals surface area contributed by atoms with Gasteiger partial charge in [-0.15, -0.1) is 0 Å². The summed E-state index contributed by atoms with van der Waals surface area (Å²) >= 11 is 3.33. The first kappa shape index (κ1) is 12.9. The molecule has 0 bridgehead atoms. The molecule has 0 aromatic heterocycles. The van der Waals surface area contributed by atoms with Gasteiger partial charge >= 0.3 is 6.03 Å². The largest absolute Gasteiger partial charge is 0.333 e. The third-order valence-corrected chi connectivity index (χ3v) is 3.65. The van der Waals surface area contributed by atoms with E-state index in [0.717, 1.165) is 10.0 Å². The summed E-state index contributed by atoms with van der Waals surface area (Å²) in [5, 5.41) is 2.73. The predicted molar refractivity (Wildman–Crippen MR) is 80.8 cm³/mol. The highest BCUT2D eigenvalue weighted by atomic mass is 79.9. The van der Waals surface area contributed by atoms with Gasteiger partial charge in [0.2, 0.25) is 5.91 Å². The lowest BCUT2D eigenvalue weighted by Gasteiger charge is -2.16. The highest BCUT2D eigenvalue weighted by Gasteiger charge is 2.31. The Morgan fingerprint density at radius 2 is 1.80 bits per heavy atom. The third kappa shape index (κ3) is 2.32. The Bertz CT molecular complexity index is 683. The number of rotatable bonds is 1. The lowest BCUT2D eigenvalue weighted by Crippen LogP contribution is -2.37. The van der Waals surface area contributed by atoms with E-state index in [4.69, 9.17) is 0 Å². The second kappa shape index (κ2) is 5.09. The normalized spacial score (nSPS) is 13.2. The van der Waals surface area contributed by atoms with E-state index < -0.39 is 6.03 Å². The fourth-order valence-corrected chi connectivity index (χ4v) is 2.45.